The number of carboxylic acid groups (broad SMARTS) is 1. The van der Waals surface area contributed by atoms with Gasteiger partial charge in [-0.1, -0.05) is 18.9 Å². The third kappa shape index (κ3) is 3.54. The fourth-order valence-electron chi connectivity index (χ4n) is 4.51. The molecule has 0 spiro atoms. The summed E-state index contributed by atoms with van der Waals surface area (Å²) in [4.78, 5) is 16.3. The lowest BCUT2D eigenvalue weighted by Gasteiger charge is -2.15. The summed E-state index contributed by atoms with van der Waals surface area (Å²) < 4.78 is 7.07. The summed E-state index contributed by atoms with van der Waals surface area (Å²) in [6, 6.07) is 17.3. The standard InChI is InChI=1S/C25H23N3O3/c1-31-19-9-6-17(7-10-19)22-15-24-26-13-12-23(28(24)27-22)18-8-11-20(25(29)30)21(14-18)16-4-2-3-5-16/h6-16H,2-5H2,1H3,(H,29,30). The van der Waals surface area contributed by atoms with E-state index in [-0.39, 0.29) is 0 Å². The summed E-state index contributed by atoms with van der Waals surface area (Å²) in [6.07, 6.45) is 6.15. The highest BCUT2D eigenvalue weighted by Gasteiger charge is 2.23. The van der Waals surface area contributed by atoms with Crippen molar-refractivity contribution in [2.45, 2.75) is 31.6 Å². The van der Waals surface area contributed by atoms with Crippen LogP contribution in [0.25, 0.3) is 28.2 Å². The number of hydrogen-bond acceptors (Lipinski definition) is 4. The van der Waals surface area contributed by atoms with E-state index in [9.17, 15) is 9.90 Å². The minimum Gasteiger partial charge on any atom is -0.497 e. The van der Waals surface area contributed by atoms with Gasteiger partial charge in [-0.2, -0.15) is 5.10 Å². The number of nitrogens with zero attached hydrogens (tertiary/aromatic N) is 3. The molecule has 1 aliphatic carbocycles. The van der Waals surface area contributed by atoms with Gasteiger partial charge in [-0.3, -0.25) is 0 Å². The summed E-state index contributed by atoms with van der Waals surface area (Å²) in [5.41, 5.74) is 5.71. The summed E-state index contributed by atoms with van der Waals surface area (Å²) in [6.45, 7) is 0. The smallest absolute Gasteiger partial charge is 0.335 e. The first-order valence-electron chi connectivity index (χ1n) is 10.5. The van der Waals surface area contributed by atoms with E-state index in [1.165, 1.54) is 0 Å². The highest BCUT2D eigenvalue weighted by molar-refractivity contribution is 5.90. The van der Waals surface area contributed by atoms with Crippen molar-refractivity contribution < 1.29 is 14.6 Å². The Morgan fingerprint density at radius 2 is 1.77 bits per heavy atom. The van der Waals surface area contributed by atoms with Crippen LogP contribution in [0.5, 0.6) is 5.75 Å². The number of aromatic carboxylic acids is 1. The predicted octanol–water partition coefficient (Wildman–Crippen LogP) is 5.43. The monoisotopic (exact) mass is 413 g/mol. The zero-order chi connectivity index (χ0) is 21.4. The molecule has 5 rings (SSSR count). The van der Waals surface area contributed by atoms with Crippen LogP contribution in [0, 0.1) is 0 Å². The first kappa shape index (κ1) is 19.3. The topological polar surface area (TPSA) is 76.7 Å². The molecule has 2 aromatic carbocycles. The van der Waals surface area contributed by atoms with Crippen LogP contribution in [0.4, 0.5) is 0 Å². The quantitative estimate of drug-likeness (QED) is 0.472. The van der Waals surface area contributed by atoms with Gasteiger partial charge in [0.2, 0.25) is 0 Å². The molecule has 1 saturated carbocycles. The molecule has 1 fully saturated rings. The average Bonchev–Trinajstić information content (AvgIpc) is 3.48. The number of carbonyl (C=O) groups is 1. The molecule has 2 heterocycles. The van der Waals surface area contributed by atoms with Crippen LogP contribution in [-0.4, -0.2) is 32.8 Å². The maximum absolute atomic E-state index is 11.8. The number of carboxylic acids is 1. The molecule has 0 bridgehead atoms. The van der Waals surface area contributed by atoms with Gasteiger partial charge in [0.1, 0.15) is 5.75 Å². The molecule has 1 aliphatic rings. The number of fused-ring (bicyclic) bond motifs is 1. The van der Waals surface area contributed by atoms with Crippen LogP contribution in [0.2, 0.25) is 0 Å². The van der Waals surface area contributed by atoms with Crippen molar-refractivity contribution in [1.29, 1.82) is 0 Å². The minimum absolute atomic E-state index is 0.302. The first-order chi connectivity index (χ1) is 15.1. The normalized spacial score (nSPS) is 14.2. The largest absolute Gasteiger partial charge is 0.497 e. The molecule has 0 atom stereocenters. The molecule has 0 unspecified atom stereocenters. The van der Waals surface area contributed by atoms with Crippen molar-refractivity contribution in [3.05, 3.63) is 71.9 Å². The Hall–Kier alpha value is -3.67. The van der Waals surface area contributed by atoms with Crippen LogP contribution >= 0.6 is 0 Å². The van der Waals surface area contributed by atoms with E-state index in [0.29, 0.717) is 11.5 Å². The first-order valence-corrected chi connectivity index (χ1v) is 10.5. The van der Waals surface area contributed by atoms with Gasteiger partial charge in [-0.15, -0.1) is 0 Å². The van der Waals surface area contributed by atoms with E-state index in [2.05, 4.69) is 4.98 Å². The third-order valence-corrected chi connectivity index (χ3v) is 6.12. The molecule has 1 N–H and O–H groups in total. The number of methoxy groups -OCH3 is 1. The molecule has 4 aromatic rings. The lowest BCUT2D eigenvalue weighted by atomic mass is 9.90. The Morgan fingerprint density at radius 1 is 1.03 bits per heavy atom. The molecule has 6 heteroatoms. The lowest BCUT2D eigenvalue weighted by Crippen LogP contribution is -2.06. The van der Waals surface area contributed by atoms with Crippen LogP contribution in [0.1, 0.15) is 47.5 Å². The molecule has 2 aromatic heterocycles. The maximum atomic E-state index is 11.8. The Labute approximate surface area is 180 Å². The summed E-state index contributed by atoms with van der Waals surface area (Å²) >= 11 is 0. The number of ether oxygens (including phenoxy) is 1. The van der Waals surface area contributed by atoms with Crippen LogP contribution < -0.4 is 4.74 Å². The van der Waals surface area contributed by atoms with Crippen molar-refractivity contribution in [3.63, 3.8) is 0 Å². The van der Waals surface area contributed by atoms with Crippen LogP contribution in [-0.2, 0) is 0 Å². The zero-order valence-electron chi connectivity index (χ0n) is 17.3. The van der Waals surface area contributed by atoms with Gasteiger partial charge in [0, 0.05) is 23.4 Å². The third-order valence-electron chi connectivity index (χ3n) is 6.12. The van der Waals surface area contributed by atoms with Gasteiger partial charge in [0.25, 0.3) is 0 Å². The number of benzene rings is 2. The van der Waals surface area contributed by atoms with Crippen molar-refractivity contribution in [3.8, 4) is 28.3 Å². The van der Waals surface area contributed by atoms with Crippen molar-refractivity contribution in [1.82, 2.24) is 14.6 Å². The zero-order valence-corrected chi connectivity index (χ0v) is 17.3. The van der Waals surface area contributed by atoms with Gasteiger partial charge in [0.05, 0.1) is 24.1 Å². The Kier molecular flexibility index (Phi) is 4.90. The molecule has 31 heavy (non-hydrogen) atoms. The van der Waals surface area contributed by atoms with E-state index < -0.39 is 5.97 Å². The van der Waals surface area contributed by atoms with Crippen LogP contribution in [0.3, 0.4) is 0 Å². The minimum atomic E-state index is -0.866. The van der Waals surface area contributed by atoms with Gasteiger partial charge >= 0.3 is 5.97 Å². The average molecular weight is 413 g/mol. The molecular formula is C25H23N3O3. The SMILES string of the molecule is COc1ccc(-c2cc3nccc(-c4ccc(C(=O)O)c(C5CCCC5)c4)n3n2)cc1. The fraction of sp³-hybridized carbons (Fsp3) is 0.240. The van der Waals surface area contributed by atoms with Gasteiger partial charge < -0.3 is 9.84 Å². The number of rotatable bonds is 5. The number of hydrogen-bond donors (Lipinski definition) is 1. The summed E-state index contributed by atoms with van der Waals surface area (Å²) in [5, 5.41) is 14.5. The lowest BCUT2D eigenvalue weighted by molar-refractivity contribution is 0.0695. The van der Waals surface area contributed by atoms with Crippen LogP contribution in [0.15, 0.2) is 60.8 Å². The second-order valence-corrected chi connectivity index (χ2v) is 7.95. The molecule has 6 nitrogen and oxygen atoms in total. The predicted molar refractivity (Wildman–Crippen MR) is 119 cm³/mol. The highest BCUT2D eigenvalue weighted by atomic mass is 16.5. The second kappa shape index (κ2) is 7.87. The molecule has 156 valence electrons. The van der Waals surface area contributed by atoms with E-state index in [4.69, 9.17) is 9.84 Å². The second-order valence-electron chi connectivity index (χ2n) is 7.95. The summed E-state index contributed by atoms with van der Waals surface area (Å²) in [7, 11) is 1.64. The van der Waals surface area contributed by atoms with Crippen molar-refractivity contribution in [2.24, 2.45) is 0 Å². The Bertz CT molecular complexity index is 1250. The van der Waals surface area contributed by atoms with E-state index in [1.54, 1.807) is 19.4 Å². The van der Waals surface area contributed by atoms with E-state index in [1.807, 2.05) is 53.0 Å². The van der Waals surface area contributed by atoms with E-state index in [0.717, 1.165) is 65.2 Å². The summed E-state index contributed by atoms with van der Waals surface area (Å²) in [5.74, 6) is 0.231. The Morgan fingerprint density at radius 3 is 2.48 bits per heavy atom. The Balaban J connectivity index is 1.60. The molecule has 0 saturated heterocycles. The van der Waals surface area contributed by atoms with Crippen molar-refractivity contribution in [2.75, 3.05) is 7.11 Å². The maximum Gasteiger partial charge on any atom is 0.335 e. The van der Waals surface area contributed by atoms with Gasteiger partial charge in [-0.05, 0) is 66.8 Å². The van der Waals surface area contributed by atoms with Gasteiger partial charge in [0.15, 0.2) is 5.65 Å². The molecular weight excluding hydrogens is 390 g/mol. The molecule has 0 radical (unpaired) electrons. The molecule has 0 amide bonds. The number of aromatic nitrogens is 3. The highest BCUT2D eigenvalue weighted by Crippen LogP contribution is 2.38. The van der Waals surface area contributed by atoms with Crippen molar-refractivity contribution >= 4 is 11.6 Å². The molecule has 0 aliphatic heterocycles. The fourth-order valence-corrected chi connectivity index (χ4v) is 4.51. The van der Waals surface area contributed by atoms with E-state index >= 15 is 0 Å². The van der Waals surface area contributed by atoms with Gasteiger partial charge in [-0.25, -0.2) is 14.3 Å².